The second-order valence-electron chi connectivity index (χ2n) is 3.31. The Balaban J connectivity index is 1.86. The van der Waals surface area contributed by atoms with Gasteiger partial charge in [-0.1, -0.05) is 23.1 Å². The Morgan fingerprint density at radius 1 is 1.62 bits per heavy atom. The summed E-state index contributed by atoms with van der Waals surface area (Å²) in [6.07, 6.45) is 2.10. The Kier molecular flexibility index (Phi) is 3.39. The van der Waals surface area contributed by atoms with Gasteiger partial charge in [0.15, 0.2) is 4.34 Å². The van der Waals surface area contributed by atoms with Gasteiger partial charge < -0.3 is 4.90 Å². The van der Waals surface area contributed by atoms with E-state index in [4.69, 9.17) is 0 Å². The molecule has 0 spiro atoms. The molecule has 8 heteroatoms. The van der Waals surface area contributed by atoms with Gasteiger partial charge in [0.05, 0.1) is 0 Å². The number of carbonyl (C=O) groups excluding carboxylic acids is 1. The van der Waals surface area contributed by atoms with Gasteiger partial charge in [-0.05, 0) is 0 Å². The van der Waals surface area contributed by atoms with E-state index in [1.807, 2.05) is 0 Å². The number of rotatable bonds is 4. The summed E-state index contributed by atoms with van der Waals surface area (Å²) in [5.74, 6) is 0.872. The van der Waals surface area contributed by atoms with Crippen LogP contribution in [-0.2, 0) is 4.79 Å². The highest BCUT2D eigenvalue weighted by Gasteiger charge is 2.08. The van der Waals surface area contributed by atoms with Crippen molar-refractivity contribution in [3.63, 3.8) is 0 Å². The van der Waals surface area contributed by atoms with Gasteiger partial charge in [-0.15, -0.1) is 15.3 Å². The molecule has 2 aromatic rings. The molecule has 0 N–H and O–H groups in total. The van der Waals surface area contributed by atoms with Gasteiger partial charge in [0, 0.05) is 26.3 Å². The third-order valence-corrected chi connectivity index (χ3v) is 3.96. The molecular weight excluding hydrogens is 246 g/mol. The van der Waals surface area contributed by atoms with Crippen LogP contribution in [0, 0.1) is 0 Å². The molecule has 0 radical (unpaired) electrons. The van der Waals surface area contributed by atoms with Crippen LogP contribution < -0.4 is 0 Å². The summed E-state index contributed by atoms with van der Waals surface area (Å²) in [5, 5.41) is 11.9. The van der Waals surface area contributed by atoms with Crippen LogP contribution in [0.2, 0.25) is 0 Å². The van der Waals surface area contributed by atoms with Crippen molar-refractivity contribution in [3.05, 3.63) is 6.33 Å². The van der Waals surface area contributed by atoms with Crippen LogP contribution in [-0.4, -0.2) is 50.5 Å². The number of thioether (sulfide) groups is 1. The minimum Gasteiger partial charge on any atom is -0.349 e. The largest absolute Gasteiger partial charge is 0.349 e. The van der Waals surface area contributed by atoms with Crippen molar-refractivity contribution in [2.75, 3.05) is 19.8 Å². The maximum Gasteiger partial charge on any atom is 0.235 e. The molecule has 16 heavy (non-hydrogen) atoms. The fourth-order valence-electron chi connectivity index (χ4n) is 1.05. The first-order valence-electron chi connectivity index (χ1n) is 4.66. The molecule has 0 aliphatic carbocycles. The van der Waals surface area contributed by atoms with Crippen molar-refractivity contribution in [2.24, 2.45) is 0 Å². The number of amides is 1. The molecule has 0 saturated heterocycles. The van der Waals surface area contributed by atoms with E-state index < -0.39 is 0 Å². The highest BCUT2D eigenvalue weighted by molar-refractivity contribution is 8.01. The Morgan fingerprint density at radius 2 is 2.44 bits per heavy atom. The molecule has 86 valence electrons. The number of hydrogen-bond acceptors (Lipinski definition) is 6. The van der Waals surface area contributed by atoms with Gasteiger partial charge in [-0.2, -0.15) is 4.52 Å². The first kappa shape index (κ1) is 11.3. The molecule has 0 bridgehead atoms. The van der Waals surface area contributed by atoms with Crippen LogP contribution in [0.5, 0.6) is 0 Å². The summed E-state index contributed by atoms with van der Waals surface area (Å²) >= 11 is 3.05. The third kappa shape index (κ3) is 2.50. The van der Waals surface area contributed by atoms with E-state index in [1.54, 1.807) is 41.6 Å². The van der Waals surface area contributed by atoms with Crippen LogP contribution in [0.15, 0.2) is 10.7 Å². The lowest BCUT2D eigenvalue weighted by molar-refractivity contribution is -0.128. The Morgan fingerprint density at radius 3 is 3.12 bits per heavy atom. The number of hydrogen-bond donors (Lipinski definition) is 0. The quantitative estimate of drug-likeness (QED) is 0.757. The van der Waals surface area contributed by atoms with Gasteiger partial charge in [-0.3, -0.25) is 4.79 Å². The predicted molar refractivity (Wildman–Crippen MR) is 62.7 cm³/mol. The number of aromatic nitrogens is 4. The Labute approximate surface area is 101 Å². The zero-order valence-electron chi connectivity index (χ0n) is 8.95. The van der Waals surface area contributed by atoms with E-state index in [1.165, 1.54) is 11.3 Å². The second-order valence-corrected chi connectivity index (χ2v) is 5.61. The van der Waals surface area contributed by atoms with Crippen molar-refractivity contribution in [1.82, 2.24) is 24.7 Å². The summed E-state index contributed by atoms with van der Waals surface area (Å²) in [6, 6.07) is 0. The van der Waals surface area contributed by atoms with E-state index in [-0.39, 0.29) is 5.91 Å². The smallest absolute Gasteiger partial charge is 0.235 e. The zero-order valence-corrected chi connectivity index (χ0v) is 10.6. The molecule has 2 aromatic heterocycles. The van der Waals surface area contributed by atoms with E-state index in [0.717, 1.165) is 15.1 Å². The highest BCUT2D eigenvalue weighted by Crippen LogP contribution is 2.23. The van der Waals surface area contributed by atoms with Gasteiger partial charge in [0.1, 0.15) is 6.33 Å². The molecule has 2 rings (SSSR count). The SMILES string of the molecule is CN(C)C(=O)CCSc1nn2cnnc2s1. The van der Waals surface area contributed by atoms with Gasteiger partial charge in [-0.25, -0.2) is 0 Å². The average Bonchev–Trinajstić information content (AvgIpc) is 2.77. The van der Waals surface area contributed by atoms with Crippen LogP contribution in [0.3, 0.4) is 0 Å². The average molecular weight is 257 g/mol. The lowest BCUT2D eigenvalue weighted by Gasteiger charge is -2.08. The van der Waals surface area contributed by atoms with Crippen molar-refractivity contribution in [3.8, 4) is 0 Å². The summed E-state index contributed by atoms with van der Waals surface area (Å²) in [5.41, 5.74) is 0. The van der Waals surface area contributed by atoms with E-state index in [0.29, 0.717) is 6.42 Å². The second kappa shape index (κ2) is 4.79. The molecule has 0 saturated carbocycles. The maximum atomic E-state index is 11.3. The summed E-state index contributed by atoms with van der Waals surface area (Å²) in [6.45, 7) is 0. The molecule has 2 heterocycles. The number of fused-ring (bicyclic) bond motifs is 1. The molecule has 0 aliphatic rings. The first-order chi connectivity index (χ1) is 7.66. The monoisotopic (exact) mass is 257 g/mol. The minimum atomic E-state index is 0.135. The fourth-order valence-corrected chi connectivity index (χ4v) is 2.91. The van der Waals surface area contributed by atoms with Crippen molar-refractivity contribution < 1.29 is 4.79 Å². The van der Waals surface area contributed by atoms with Crippen LogP contribution in [0.25, 0.3) is 4.96 Å². The molecule has 0 aliphatic heterocycles. The zero-order chi connectivity index (χ0) is 11.5. The standard InChI is InChI=1S/C8H11N5OS2/c1-12(2)6(14)3-4-15-8-11-13-5-9-10-7(13)16-8/h5H,3-4H2,1-2H3. The van der Waals surface area contributed by atoms with Crippen LogP contribution >= 0.6 is 23.1 Å². The fraction of sp³-hybridized carbons (Fsp3) is 0.500. The van der Waals surface area contributed by atoms with E-state index >= 15 is 0 Å². The molecule has 0 aromatic carbocycles. The first-order valence-corrected chi connectivity index (χ1v) is 6.47. The van der Waals surface area contributed by atoms with Crippen molar-refractivity contribution in [1.29, 1.82) is 0 Å². The summed E-state index contributed by atoms with van der Waals surface area (Å²) in [7, 11) is 3.52. The minimum absolute atomic E-state index is 0.135. The number of carbonyl (C=O) groups is 1. The normalized spacial score (nSPS) is 10.9. The lowest BCUT2D eigenvalue weighted by atomic mass is 10.4. The summed E-state index contributed by atoms with van der Waals surface area (Å²) < 4.78 is 2.55. The Bertz CT molecular complexity index is 463. The van der Waals surface area contributed by atoms with Crippen LogP contribution in [0.4, 0.5) is 0 Å². The molecule has 0 fully saturated rings. The van der Waals surface area contributed by atoms with Gasteiger partial charge >= 0.3 is 0 Å². The molecule has 0 atom stereocenters. The summed E-state index contributed by atoms with van der Waals surface area (Å²) in [4.78, 5) is 13.7. The van der Waals surface area contributed by atoms with E-state index in [9.17, 15) is 4.79 Å². The number of nitrogens with zero attached hydrogens (tertiary/aromatic N) is 5. The third-order valence-electron chi connectivity index (χ3n) is 1.91. The van der Waals surface area contributed by atoms with Gasteiger partial charge in [0.25, 0.3) is 0 Å². The topological polar surface area (TPSA) is 63.4 Å². The van der Waals surface area contributed by atoms with Gasteiger partial charge in [0.2, 0.25) is 10.9 Å². The lowest BCUT2D eigenvalue weighted by Crippen LogP contribution is -2.21. The van der Waals surface area contributed by atoms with Crippen molar-refractivity contribution >= 4 is 34.0 Å². The maximum absolute atomic E-state index is 11.3. The molecular formula is C8H11N5OS2. The van der Waals surface area contributed by atoms with E-state index in [2.05, 4.69) is 15.3 Å². The molecule has 1 amide bonds. The molecule has 0 unspecified atom stereocenters. The Hall–Kier alpha value is -1.15. The van der Waals surface area contributed by atoms with Crippen molar-refractivity contribution in [2.45, 2.75) is 10.8 Å². The predicted octanol–water partition coefficient (Wildman–Crippen LogP) is 0.756. The van der Waals surface area contributed by atoms with Crippen LogP contribution in [0.1, 0.15) is 6.42 Å². The molecule has 6 nitrogen and oxygen atoms in total. The highest BCUT2D eigenvalue weighted by atomic mass is 32.2.